The molecular formula is C12H17N3. The fourth-order valence-corrected chi connectivity index (χ4v) is 1.91. The van der Waals surface area contributed by atoms with Crippen LogP contribution < -0.4 is 5.32 Å². The Hall–Kier alpha value is -0.960. The first-order valence-electron chi connectivity index (χ1n) is 5.97. The highest BCUT2D eigenvalue weighted by molar-refractivity contribution is 5.08. The van der Waals surface area contributed by atoms with E-state index in [4.69, 9.17) is 0 Å². The van der Waals surface area contributed by atoms with Crippen LogP contribution in [0, 0.1) is 0 Å². The lowest BCUT2D eigenvalue weighted by molar-refractivity contribution is 0.400. The highest BCUT2D eigenvalue weighted by Gasteiger charge is 2.23. The molecule has 1 aromatic heterocycles. The predicted molar refractivity (Wildman–Crippen MR) is 58.5 cm³/mol. The summed E-state index contributed by atoms with van der Waals surface area (Å²) in [7, 11) is 0. The third kappa shape index (κ3) is 2.17. The van der Waals surface area contributed by atoms with E-state index in [-0.39, 0.29) is 0 Å². The molecule has 0 aliphatic heterocycles. The Bertz CT molecular complexity index is 342. The Kier molecular flexibility index (Phi) is 2.41. The molecule has 3 heteroatoms. The molecule has 3 nitrogen and oxygen atoms in total. The molecular weight excluding hydrogens is 186 g/mol. The third-order valence-electron chi connectivity index (χ3n) is 3.35. The van der Waals surface area contributed by atoms with Crippen LogP contribution in [0.5, 0.6) is 0 Å². The van der Waals surface area contributed by atoms with Crippen molar-refractivity contribution in [3.8, 4) is 0 Å². The van der Waals surface area contributed by atoms with Crippen molar-refractivity contribution >= 4 is 0 Å². The zero-order chi connectivity index (χ0) is 10.1. The van der Waals surface area contributed by atoms with Gasteiger partial charge >= 0.3 is 0 Å². The molecule has 2 aliphatic carbocycles. The van der Waals surface area contributed by atoms with E-state index in [1.807, 2.05) is 12.3 Å². The Morgan fingerprint density at radius 3 is 2.80 bits per heavy atom. The maximum absolute atomic E-state index is 4.62. The van der Waals surface area contributed by atoms with Gasteiger partial charge in [-0.1, -0.05) is 6.42 Å². The molecule has 2 fully saturated rings. The first kappa shape index (κ1) is 9.28. The van der Waals surface area contributed by atoms with Crippen LogP contribution in [0.1, 0.15) is 49.5 Å². The van der Waals surface area contributed by atoms with Crippen molar-refractivity contribution in [2.24, 2.45) is 0 Å². The van der Waals surface area contributed by atoms with Gasteiger partial charge in [0.25, 0.3) is 0 Å². The molecule has 0 atom stereocenters. The summed E-state index contributed by atoms with van der Waals surface area (Å²) in [5.41, 5.74) is 1.15. The van der Waals surface area contributed by atoms with Crippen molar-refractivity contribution in [1.29, 1.82) is 0 Å². The van der Waals surface area contributed by atoms with Gasteiger partial charge in [-0.15, -0.1) is 0 Å². The molecule has 0 amide bonds. The lowest BCUT2D eigenvalue weighted by atomic mass is 9.85. The molecule has 1 N–H and O–H groups in total. The van der Waals surface area contributed by atoms with E-state index in [2.05, 4.69) is 15.3 Å². The van der Waals surface area contributed by atoms with E-state index in [9.17, 15) is 0 Å². The maximum Gasteiger partial charge on any atom is 0.131 e. The van der Waals surface area contributed by atoms with Crippen molar-refractivity contribution in [2.45, 2.75) is 50.6 Å². The molecule has 0 radical (unpaired) electrons. The SMILES string of the molecule is c1cc(CNC2CC2)nc(C2CCC2)n1. The summed E-state index contributed by atoms with van der Waals surface area (Å²) in [6, 6.07) is 2.78. The highest BCUT2D eigenvalue weighted by atomic mass is 15.0. The first-order chi connectivity index (χ1) is 7.42. The highest BCUT2D eigenvalue weighted by Crippen LogP contribution is 2.34. The summed E-state index contributed by atoms with van der Waals surface area (Å²) in [5, 5.41) is 3.48. The fourth-order valence-electron chi connectivity index (χ4n) is 1.91. The number of rotatable bonds is 4. The predicted octanol–water partition coefficient (Wildman–Crippen LogP) is 2.00. The molecule has 2 saturated carbocycles. The largest absolute Gasteiger partial charge is 0.308 e. The van der Waals surface area contributed by atoms with Gasteiger partial charge < -0.3 is 5.32 Å². The van der Waals surface area contributed by atoms with Crippen LogP contribution in [0.3, 0.4) is 0 Å². The quantitative estimate of drug-likeness (QED) is 0.813. The molecule has 15 heavy (non-hydrogen) atoms. The molecule has 3 rings (SSSR count). The van der Waals surface area contributed by atoms with E-state index < -0.39 is 0 Å². The molecule has 80 valence electrons. The van der Waals surface area contributed by atoms with Crippen molar-refractivity contribution in [1.82, 2.24) is 15.3 Å². The Balaban J connectivity index is 1.65. The second-order valence-electron chi connectivity index (χ2n) is 4.69. The van der Waals surface area contributed by atoms with Crippen LogP contribution in [-0.2, 0) is 6.54 Å². The first-order valence-corrected chi connectivity index (χ1v) is 5.97. The topological polar surface area (TPSA) is 37.8 Å². The van der Waals surface area contributed by atoms with Crippen molar-refractivity contribution in [2.75, 3.05) is 0 Å². The number of nitrogens with one attached hydrogen (secondary N) is 1. The molecule has 1 heterocycles. The van der Waals surface area contributed by atoms with Crippen LogP contribution in [0.25, 0.3) is 0 Å². The molecule has 0 bridgehead atoms. The van der Waals surface area contributed by atoms with Gasteiger partial charge in [0.1, 0.15) is 5.82 Å². The number of aromatic nitrogens is 2. The molecule has 1 aromatic rings. The minimum Gasteiger partial charge on any atom is -0.308 e. The van der Waals surface area contributed by atoms with Gasteiger partial charge in [0.2, 0.25) is 0 Å². The number of nitrogens with zero attached hydrogens (tertiary/aromatic N) is 2. The molecule has 0 aromatic carbocycles. The molecule has 0 saturated heterocycles. The second-order valence-corrected chi connectivity index (χ2v) is 4.69. The normalized spacial score (nSPS) is 21.3. The third-order valence-corrected chi connectivity index (χ3v) is 3.35. The minimum atomic E-state index is 0.644. The Morgan fingerprint density at radius 1 is 1.27 bits per heavy atom. The van der Waals surface area contributed by atoms with Gasteiger partial charge in [-0.2, -0.15) is 0 Å². The number of hydrogen-bond donors (Lipinski definition) is 1. The summed E-state index contributed by atoms with van der Waals surface area (Å²) >= 11 is 0. The lowest BCUT2D eigenvalue weighted by Gasteiger charge is -2.23. The van der Waals surface area contributed by atoms with E-state index in [1.165, 1.54) is 32.1 Å². The zero-order valence-corrected chi connectivity index (χ0v) is 8.95. The molecule has 0 unspecified atom stereocenters. The average molecular weight is 203 g/mol. The van der Waals surface area contributed by atoms with Crippen LogP contribution in [0.2, 0.25) is 0 Å². The van der Waals surface area contributed by atoms with Gasteiger partial charge in [0, 0.05) is 24.7 Å². The van der Waals surface area contributed by atoms with E-state index in [0.29, 0.717) is 5.92 Å². The van der Waals surface area contributed by atoms with Gasteiger partial charge in [0.15, 0.2) is 0 Å². The fraction of sp³-hybridized carbons (Fsp3) is 0.667. The Labute approximate surface area is 90.3 Å². The summed E-state index contributed by atoms with van der Waals surface area (Å²) < 4.78 is 0. The van der Waals surface area contributed by atoms with Crippen molar-refractivity contribution < 1.29 is 0 Å². The van der Waals surface area contributed by atoms with Crippen LogP contribution in [-0.4, -0.2) is 16.0 Å². The van der Waals surface area contributed by atoms with Crippen LogP contribution in [0.15, 0.2) is 12.3 Å². The monoisotopic (exact) mass is 203 g/mol. The van der Waals surface area contributed by atoms with Gasteiger partial charge in [-0.3, -0.25) is 0 Å². The van der Waals surface area contributed by atoms with E-state index >= 15 is 0 Å². The summed E-state index contributed by atoms with van der Waals surface area (Å²) in [5.74, 6) is 1.71. The van der Waals surface area contributed by atoms with Crippen LogP contribution >= 0.6 is 0 Å². The maximum atomic E-state index is 4.62. The summed E-state index contributed by atoms with van der Waals surface area (Å²) in [6.45, 7) is 0.910. The second kappa shape index (κ2) is 3.89. The van der Waals surface area contributed by atoms with E-state index in [1.54, 1.807) is 0 Å². The average Bonchev–Trinajstić information content (AvgIpc) is 2.96. The smallest absolute Gasteiger partial charge is 0.131 e. The van der Waals surface area contributed by atoms with Gasteiger partial charge in [-0.05, 0) is 31.7 Å². The lowest BCUT2D eigenvalue weighted by Crippen LogP contribution is -2.18. The number of hydrogen-bond acceptors (Lipinski definition) is 3. The molecule has 0 spiro atoms. The summed E-state index contributed by atoms with van der Waals surface area (Å²) in [6.07, 6.45) is 8.48. The standard InChI is InChI=1S/C12H17N3/c1-2-9(3-1)12-13-7-6-11(15-12)8-14-10-4-5-10/h6-7,9-10,14H,1-5,8H2. The van der Waals surface area contributed by atoms with Crippen LogP contribution in [0.4, 0.5) is 0 Å². The van der Waals surface area contributed by atoms with Crippen molar-refractivity contribution in [3.05, 3.63) is 23.8 Å². The van der Waals surface area contributed by atoms with E-state index in [0.717, 1.165) is 24.1 Å². The zero-order valence-electron chi connectivity index (χ0n) is 8.95. The van der Waals surface area contributed by atoms with Crippen molar-refractivity contribution in [3.63, 3.8) is 0 Å². The summed E-state index contributed by atoms with van der Waals surface area (Å²) in [4.78, 5) is 8.99. The Morgan fingerprint density at radius 2 is 2.13 bits per heavy atom. The minimum absolute atomic E-state index is 0.644. The van der Waals surface area contributed by atoms with Gasteiger partial charge in [-0.25, -0.2) is 9.97 Å². The molecule has 2 aliphatic rings. The van der Waals surface area contributed by atoms with Gasteiger partial charge in [0.05, 0.1) is 5.69 Å².